The maximum atomic E-state index is 4.15. The second-order valence-corrected chi connectivity index (χ2v) is 2.26. The lowest BCUT2D eigenvalue weighted by molar-refractivity contribution is 0.854. The van der Waals surface area contributed by atoms with Crippen molar-refractivity contribution >= 4 is 0 Å². The summed E-state index contributed by atoms with van der Waals surface area (Å²) in [6.07, 6.45) is 4.09. The van der Waals surface area contributed by atoms with Crippen molar-refractivity contribution in [3.05, 3.63) is 17.7 Å². The molecular formula is C9H18N2. The molecule has 0 aliphatic heterocycles. The van der Waals surface area contributed by atoms with Crippen LogP contribution >= 0.6 is 0 Å². The second-order valence-electron chi connectivity index (χ2n) is 2.26. The highest BCUT2D eigenvalue weighted by atomic mass is 14.9. The molecule has 1 N–H and O–H groups in total. The van der Waals surface area contributed by atoms with E-state index in [1.165, 1.54) is 0 Å². The van der Waals surface area contributed by atoms with E-state index in [1.54, 1.807) is 0 Å². The van der Waals surface area contributed by atoms with Gasteiger partial charge >= 0.3 is 0 Å². The summed E-state index contributed by atoms with van der Waals surface area (Å²) in [6.45, 7) is 8.17. The number of hydrogen-bond donors (Lipinski definition) is 1. The van der Waals surface area contributed by atoms with Crippen LogP contribution in [0.5, 0.6) is 0 Å². The first-order chi connectivity index (χ1) is 5.33. The lowest BCUT2D eigenvalue weighted by Crippen LogP contribution is -1.84. The van der Waals surface area contributed by atoms with Gasteiger partial charge in [0.1, 0.15) is 5.82 Å². The highest BCUT2D eigenvalue weighted by Crippen LogP contribution is 1.96. The van der Waals surface area contributed by atoms with E-state index in [4.69, 9.17) is 0 Å². The molecule has 1 aromatic rings. The summed E-state index contributed by atoms with van der Waals surface area (Å²) in [5, 5.41) is 0. The van der Waals surface area contributed by atoms with Crippen molar-refractivity contribution < 1.29 is 0 Å². The van der Waals surface area contributed by atoms with Crippen LogP contribution in [0.2, 0.25) is 0 Å². The van der Waals surface area contributed by atoms with Gasteiger partial charge in [0.05, 0.1) is 0 Å². The predicted octanol–water partition coefficient (Wildman–Crippen LogP) is 2.70. The topological polar surface area (TPSA) is 28.7 Å². The number of aromatic nitrogens is 2. The summed E-state index contributed by atoms with van der Waals surface area (Å²) in [6, 6.07) is 0. The summed E-state index contributed by atoms with van der Waals surface area (Å²) < 4.78 is 0. The van der Waals surface area contributed by atoms with Crippen LogP contribution in [0, 0.1) is 6.92 Å². The van der Waals surface area contributed by atoms with Crippen LogP contribution in [0.3, 0.4) is 0 Å². The van der Waals surface area contributed by atoms with Crippen molar-refractivity contribution in [2.45, 2.75) is 40.5 Å². The first kappa shape index (κ1) is 10.2. The van der Waals surface area contributed by atoms with Gasteiger partial charge in [-0.15, -0.1) is 0 Å². The average Bonchev–Trinajstić information content (AvgIpc) is 2.41. The molecule has 11 heavy (non-hydrogen) atoms. The molecule has 0 aliphatic rings. The number of imidazole rings is 1. The van der Waals surface area contributed by atoms with E-state index in [9.17, 15) is 0 Å². The first-order valence-electron chi connectivity index (χ1n) is 4.33. The van der Waals surface area contributed by atoms with Crippen molar-refractivity contribution in [2.75, 3.05) is 0 Å². The lowest BCUT2D eigenvalue weighted by Gasteiger charge is -1.87. The van der Waals surface area contributed by atoms with Crippen molar-refractivity contribution in [3.8, 4) is 0 Å². The number of nitrogens with zero attached hydrogens (tertiary/aromatic N) is 1. The van der Waals surface area contributed by atoms with Crippen LogP contribution in [0.1, 0.15) is 38.7 Å². The Balaban J connectivity index is 0.000000461. The predicted molar refractivity (Wildman–Crippen MR) is 48.7 cm³/mol. The van der Waals surface area contributed by atoms with Crippen LogP contribution in [-0.2, 0) is 6.42 Å². The molecule has 0 aliphatic carbocycles. The monoisotopic (exact) mass is 154 g/mol. The van der Waals surface area contributed by atoms with Gasteiger partial charge in [-0.3, -0.25) is 0 Å². The normalized spacial score (nSPS) is 8.73. The lowest BCUT2D eigenvalue weighted by atomic mass is 10.3. The molecule has 64 valence electrons. The molecule has 2 heteroatoms. The molecule has 0 fully saturated rings. The van der Waals surface area contributed by atoms with E-state index in [-0.39, 0.29) is 0 Å². The van der Waals surface area contributed by atoms with Gasteiger partial charge in [-0.05, 0) is 13.3 Å². The number of aryl methyl sites for hydroxylation is 2. The fourth-order valence-corrected chi connectivity index (χ4v) is 0.831. The van der Waals surface area contributed by atoms with Crippen LogP contribution in [0.15, 0.2) is 6.20 Å². The molecule has 2 nitrogen and oxygen atoms in total. The highest BCUT2D eigenvalue weighted by Gasteiger charge is 1.92. The number of nitrogens with one attached hydrogen (secondary N) is 1. The summed E-state index contributed by atoms with van der Waals surface area (Å²) in [7, 11) is 0. The van der Waals surface area contributed by atoms with E-state index < -0.39 is 0 Å². The number of aromatic amines is 1. The number of hydrogen-bond acceptors (Lipinski definition) is 1. The van der Waals surface area contributed by atoms with E-state index >= 15 is 0 Å². The van der Waals surface area contributed by atoms with Gasteiger partial charge < -0.3 is 4.98 Å². The SMILES string of the molecule is CC.CCCc1ncc(C)[nH]1. The molecule has 0 spiro atoms. The standard InChI is InChI=1S/C7H12N2.C2H6/c1-3-4-7-8-5-6(2)9-7;1-2/h5H,3-4H2,1-2H3,(H,8,9);1-2H3. The number of H-pyrrole nitrogens is 1. The minimum Gasteiger partial charge on any atom is -0.346 e. The fraction of sp³-hybridized carbons (Fsp3) is 0.667. The van der Waals surface area contributed by atoms with E-state index in [2.05, 4.69) is 16.9 Å². The molecule has 0 amide bonds. The van der Waals surface area contributed by atoms with Crippen LogP contribution in [0.4, 0.5) is 0 Å². The molecule has 0 aromatic carbocycles. The third-order valence-corrected chi connectivity index (χ3v) is 1.24. The molecule has 1 heterocycles. The minimum atomic E-state index is 1.06. The largest absolute Gasteiger partial charge is 0.346 e. The Morgan fingerprint density at radius 3 is 2.45 bits per heavy atom. The molecule has 0 radical (unpaired) electrons. The van der Waals surface area contributed by atoms with Crippen LogP contribution < -0.4 is 0 Å². The Hall–Kier alpha value is -0.790. The van der Waals surface area contributed by atoms with Gasteiger partial charge in [0.2, 0.25) is 0 Å². The quantitative estimate of drug-likeness (QED) is 0.697. The molecule has 0 saturated heterocycles. The van der Waals surface area contributed by atoms with Gasteiger partial charge in [-0.1, -0.05) is 20.8 Å². The third kappa shape index (κ3) is 3.81. The first-order valence-corrected chi connectivity index (χ1v) is 4.33. The van der Waals surface area contributed by atoms with E-state index in [1.807, 2.05) is 27.0 Å². The molecule has 0 unspecified atom stereocenters. The number of rotatable bonds is 2. The summed E-state index contributed by atoms with van der Waals surface area (Å²) in [5.41, 5.74) is 1.15. The van der Waals surface area contributed by atoms with Gasteiger partial charge in [0, 0.05) is 18.3 Å². The Bertz CT molecular complexity index is 179. The molecule has 1 aromatic heterocycles. The fourth-order valence-electron chi connectivity index (χ4n) is 0.831. The third-order valence-electron chi connectivity index (χ3n) is 1.24. The summed E-state index contributed by atoms with van der Waals surface area (Å²) in [4.78, 5) is 7.32. The van der Waals surface area contributed by atoms with Crippen molar-refractivity contribution in [1.29, 1.82) is 0 Å². The Morgan fingerprint density at radius 1 is 1.45 bits per heavy atom. The van der Waals surface area contributed by atoms with E-state index in [0.717, 1.165) is 24.4 Å². The molecule has 0 atom stereocenters. The summed E-state index contributed by atoms with van der Waals surface area (Å²) in [5.74, 6) is 1.11. The Kier molecular flexibility index (Phi) is 5.53. The highest BCUT2D eigenvalue weighted by molar-refractivity contribution is 4.97. The molecular weight excluding hydrogens is 136 g/mol. The van der Waals surface area contributed by atoms with Gasteiger partial charge in [-0.2, -0.15) is 0 Å². The van der Waals surface area contributed by atoms with Gasteiger partial charge in [-0.25, -0.2) is 4.98 Å². The van der Waals surface area contributed by atoms with Crippen LogP contribution in [-0.4, -0.2) is 9.97 Å². The van der Waals surface area contributed by atoms with Gasteiger partial charge in [0.25, 0.3) is 0 Å². The summed E-state index contributed by atoms with van der Waals surface area (Å²) >= 11 is 0. The minimum absolute atomic E-state index is 1.06. The van der Waals surface area contributed by atoms with Crippen LogP contribution in [0.25, 0.3) is 0 Å². The smallest absolute Gasteiger partial charge is 0.106 e. The van der Waals surface area contributed by atoms with Crippen molar-refractivity contribution in [3.63, 3.8) is 0 Å². The zero-order valence-corrected chi connectivity index (χ0v) is 7.94. The molecule has 0 bridgehead atoms. The Morgan fingerprint density at radius 2 is 2.09 bits per heavy atom. The maximum absolute atomic E-state index is 4.15. The van der Waals surface area contributed by atoms with E-state index in [0.29, 0.717) is 0 Å². The molecule has 0 saturated carbocycles. The zero-order chi connectivity index (χ0) is 8.69. The average molecular weight is 154 g/mol. The van der Waals surface area contributed by atoms with Gasteiger partial charge in [0.15, 0.2) is 0 Å². The molecule has 1 rings (SSSR count). The zero-order valence-electron chi connectivity index (χ0n) is 7.94. The second kappa shape index (κ2) is 5.96. The van der Waals surface area contributed by atoms with Crippen molar-refractivity contribution in [2.24, 2.45) is 0 Å². The maximum Gasteiger partial charge on any atom is 0.106 e. The Labute approximate surface area is 69.1 Å². The van der Waals surface area contributed by atoms with Crippen molar-refractivity contribution in [1.82, 2.24) is 9.97 Å².